The largest absolute Gasteiger partial charge is 1.00 e. The van der Waals surface area contributed by atoms with Crippen molar-refractivity contribution in [3.8, 4) is 0 Å². The topological polar surface area (TPSA) is 18.0 Å². The fourth-order valence-electron chi connectivity index (χ4n) is 2.98. The van der Waals surface area contributed by atoms with Gasteiger partial charge in [0.05, 0.1) is 13.7 Å². The number of aryl methyl sites for hydroxylation is 1. The van der Waals surface area contributed by atoms with E-state index in [1.165, 1.54) is 70.0 Å². The van der Waals surface area contributed by atoms with Gasteiger partial charge in [-0.1, -0.05) is 71.6 Å². The SMILES string of the molecule is CCCCCCCCCCCCOCn1cc[n+](C)c1CC.[Cl-]. The zero-order valence-corrected chi connectivity index (χ0v) is 16.3. The highest BCUT2D eigenvalue weighted by molar-refractivity contribution is 4.81. The first-order valence-corrected chi connectivity index (χ1v) is 9.41. The first kappa shape index (κ1) is 22.5. The van der Waals surface area contributed by atoms with Gasteiger partial charge < -0.3 is 17.1 Å². The molecular formula is C19H37ClN2O. The Balaban J connectivity index is 0.00000484. The van der Waals surface area contributed by atoms with Crippen LogP contribution in [0.3, 0.4) is 0 Å². The second kappa shape index (κ2) is 15.0. The molecule has 0 spiro atoms. The molecule has 0 amide bonds. The molecule has 0 aliphatic carbocycles. The van der Waals surface area contributed by atoms with Gasteiger partial charge in [0.25, 0.3) is 5.82 Å². The van der Waals surface area contributed by atoms with E-state index >= 15 is 0 Å². The maximum Gasteiger partial charge on any atom is 0.257 e. The Kier molecular flexibility index (Phi) is 14.7. The lowest BCUT2D eigenvalue weighted by Gasteiger charge is -2.04. The third-order valence-electron chi connectivity index (χ3n) is 4.40. The zero-order chi connectivity index (χ0) is 16.0. The van der Waals surface area contributed by atoms with Crippen LogP contribution in [0.2, 0.25) is 0 Å². The number of nitrogens with zero attached hydrogens (tertiary/aromatic N) is 2. The standard InChI is InChI=1S/C19H37N2O.ClH/c1-4-6-7-8-9-10-11-12-13-14-17-22-18-21-16-15-20(3)19(21)5-2;/h15-16H,4-14,17-18H2,1-3H3;1H/q+1;/p-1. The van der Waals surface area contributed by atoms with Crippen molar-refractivity contribution < 1.29 is 21.7 Å². The lowest BCUT2D eigenvalue weighted by molar-refractivity contribution is -0.678. The maximum atomic E-state index is 5.80. The van der Waals surface area contributed by atoms with Crippen LogP contribution in [0.5, 0.6) is 0 Å². The third kappa shape index (κ3) is 10.0. The maximum absolute atomic E-state index is 5.80. The minimum atomic E-state index is 0. The van der Waals surface area contributed by atoms with E-state index < -0.39 is 0 Å². The number of imidazole rings is 1. The molecule has 0 atom stereocenters. The van der Waals surface area contributed by atoms with Crippen molar-refractivity contribution in [1.82, 2.24) is 4.57 Å². The summed E-state index contributed by atoms with van der Waals surface area (Å²) in [5, 5.41) is 0. The quantitative estimate of drug-likeness (QED) is 0.371. The van der Waals surface area contributed by atoms with Crippen LogP contribution >= 0.6 is 0 Å². The molecule has 0 unspecified atom stereocenters. The number of hydrogen-bond acceptors (Lipinski definition) is 1. The molecule has 1 aromatic heterocycles. The van der Waals surface area contributed by atoms with Gasteiger partial charge in [-0.2, -0.15) is 0 Å². The fraction of sp³-hybridized carbons (Fsp3) is 0.842. The number of halogens is 1. The van der Waals surface area contributed by atoms with E-state index in [1.807, 2.05) is 0 Å². The smallest absolute Gasteiger partial charge is 0.257 e. The molecular weight excluding hydrogens is 308 g/mol. The minimum Gasteiger partial charge on any atom is -1.00 e. The van der Waals surface area contributed by atoms with Crippen LogP contribution in [-0.2, 0) is 24.9 Å². The van der Waals surface area contributed by atoms with Crippen molar-refractivity contribution in [3.05, 3.63) is 18.2 Å². The highest BCUT2D eigenvalue weighted by Crippen LogP contribution is 2.10. The van der Waals surface area contributed by atoms with Gasteiger partial charge in [0.2, 0.25) is 0 Å². The molecule has 136 valence electrons. The molecule has 0 fully saturated rings. The third-order valence-corrected chi connectivity index (χ3v) is 4.40. The van der Waals surface area contributed by atoms with Gasteiger partial charge in [0.15, 0.2) is 6.73 Å². The summed E-state index contributed by atoms with van der Waals surface area (Å²) in [5.74, 6) is 1.32. The highest BCUT2D eigenvalue weighted by Gasteiger charge is 2.11. The van der Waals surface area contributed by atoms with Crippen molar-refractivity contribution in [2.24, 2.45) is 7.05 Å². The average Bonchev–Trinajstić information content (AvgIpc) is 2.88. The summed E-state index contributed by atoms with van der Waals surface area (Å²) in [6.45, 7) is 6.05. The summed E-state index contributed by atoms with van der Waals surface area (Å²) in [6.07, 6.45) is 19.0. The fourth-order valence-corrected chi connectivity index (χ4v) is 2.98. The predicted molar refractivity (Wildman–Crippen MR) is 92.8 cm³/mol. The van der Waals surface area contributed by atoms with E-state index in [2.05, 4.69) is 42.4 Å². The molecule has 1 rings (SSSR count). The molecule has 3 nitrogen and oxygen atoms in total. The number of hydrogen-bond donors (Lipinski definition) is 0. The van der Waals surface area contributed by atoms with Crippen molar-refractivity contribution in [2.45, 2.75) is 91.2 Å². The summed E-state index contributed by atoms with van der Waals surface area (Å²) in [7, 11) is 2.09. The van der Waals surface area contributed by atoms with Crippen LogP contribution in [0.4, 0.5) is 0 Å². The lowest BCUT2D eigenvalue weighted by Crippen LogP contribution is -3.00. The normalized spacial score (nSPS) is 10.7. The van der Waals surface area contributed by atoms with Crippen molar-refractivity contribution in [1.29, 1.82) is 0 Å². The highest BCUT2D eigenvalue weighted by atomic mass is 35.5. The predicted octanol–water partition coefficient (Wildman–Crippen LogP) is 1.77. The van der Waals surface area contributed by atoms with Crippen LogP contribution in [-0.4, -0.2) is 11.2 Å². The average molecular weight is 345 g/mol. The lowest BCUT2D eigenvalue weighted by atomic mass is 10.1. The molecule has 1 heterocycles. The molecule has 23 heavy (non-hydrogen) atoms. The Morgan fingerprint density at radius 1 is 0.913 bits per heavy atom. The molecule has 0 radical (unpaired) electrons. The van der Waals surface area contributed by atoms with Crippen molar-refractivity contribution >= 4 is 0 Å². The molecule has 0 aliphatic heterocycles. The van der Waals surface area contributed by atoms with Crippen LogP contribution in [0, 0.1) is 0 Å². The van der Waals surface area contributed by atoms with Gasteiger partial charge in [0.1, 0.15) is 12.4 Å². The van der Waals surface area contributed by atoms with E-state index in [-0.39, 0.29) is 12.4 Å². The van der Waals surface area contributed by atoms with Gasteiger partial charge in [-0.05, 0) is 6.42 Å². The van der Waals surface area contributed by atoms with E-state index in [1.54, 1.807) is 0 Å². The van der Waals surface area contributed by atoms with Gasteiger partial charge >= 0.3 is 0 Å². The second-order valence-corrected chi connectivity index (χ2v) is 6.37. The van der Waals surface area contributed by atoms with E-state index in [4.69, 9.17) is 4.74 Å². The van der Waals surface area contributed by atoms with E-state index in [9.17, 15) is 0 Å². The van der Waals surface area contributed by atoms with Gasteiger partial charge in [-0.15, -0.1) is 0 Å². The number of rotatable bonds is 14. The summed E-state index contributed by atoms with van der Waals surface area (Å²) < 4.78 is 10.2. The molecule has 1 aromatic rings. The van der Waals surface area contributed by atoms with Crippen molar-refractivity contribution in [3.63, 3.8) is 0 Å². The second-order valence-electron chi connectivity index (χ2n) is 6.37. The molecule has 0 aromatic carbocycles. The summed E-state index contributed by atoms with van der Waals surface area (Å²) in [6, 6.07) is 0. The molecule has 0 aliphatic rings. The molecule has 0 saturated heterocycles. The summed E-state index contributed by atoms with van der Waals surface area (Å²) in [4.78, 5) is 0. The Hall–Kier alpha value is -0.540. The first-order valence-electron chi connectivity index (χ1n) is 9.41. The van der Waals surface area contributed by atoms with Crippen LogP contribution in [0.25, 0.3) is 0 Å². The number of ether oxygens (including phenoxy) is 1. The summed E-state index contributed by atoms with van der Waals surface area (Å²) in [5.41, 5.74) is 0. The number of unbranched alkanes of at least 4 members (excludes halogenated alkanes) is 9. The van der Waals surface area contributed by atoms with Crippen LogP contribution < -0.4 is 17.0 Å². The molecule has 4 heteroatoms. The Labute approximate surface area is 149 Å². The monoisotopic (exact) mass is 344 g/mol. The van der Waals surface area contributed by atoms with Crippen LogP contribution in [0.1, 0.15) is 83.9 Å². The zero-order valence-electron chi connectivity index (χ0n) is 15.5. The molecule has 0 bridgehead atoms. The van der Waals surface area contributed by atoms with E-state index in [0.29, 0.717) is 6.73 Å². The molecule has 0 saturated carbocycles. The Morgan fingerprint density at radius 3 is 2.04 bits per heavy atom. The first-order chi connectivity index (χ1) is 10.8. The summed E-state index contributed by atoms with van der Waals surface area (Å²) >= 11 is 0. The minimum absolute atomic E-state index is 0. The van der Waals surface area contributed by atoms with Crippen LogP contribution in [0.15, 0.2) is 12.4 Å². The van der Waals surface area contributed by atoms with Gasteiger partial charge in [-0.25, -0.2) is 9.13 Å². The van der Waals surface area contributed by atoms with Crippen molar-refractivity contribution in [2.75, 3.05) is 6.61 Å². The number of aromatic nitrogens is 2. The molecule has 0 N–H and O–H groups in total. The van der Waals surface area contributed by atoms with Gasteiger partial charge in [-0.3, -0.25) is 0 Å². The van der Waals surface area contributed by atoms with E-state index in [0.717, 1.165) is 13.0 Å². The Bertz CT molecular complexity index is 379. The van der Waals surface area contributed by atoms with Gasteiger partial charge in [0, 0.05) is 6.42 Å². The Morgan fingerprint density at radius 2 is 1.48 bits per heavy atom.